The lowest BCUT2D eigenvalue weighted by atomic mass is 9.80. The van der Waals surface area contributed by atoms with Crippen LogP contribution in [-0.4, -0.2) is 19.5 Å². The highest BCUT2D eigenvalue weighted by Crippen LogP contribution is 2.56. The van der Waals surface area contributed by atoms with Gasteiger partial charge in [0.25, 0.3) is 0 Å². The number of pyridine rings is 1. The van der Waals surface area contributed by atoms with Gasteiger partial charge in [-0.05, 0) is 51.2 Å². The van der Waals surface area contributed by atoms with Gasteiger partial charge in [0.2, 0.25) is 5.95 Å². The SMILES string of the molecule is CC1(C)c2ccccc2-c2c1c1c(c3ccccc23)c2cccnc2n1-c1nc(-c2ccccc2)c2ccccc2n1. The molecule has 42 heavy (non-hydrogen) atoms. The van der Waals surface area contributed by atoms with Crippen LogP contribution in [0.25, 0.3) is 71.9 Å². The number of hydrogen-bond acceptors (Lipinski definition) is 3. The molecule has 1 aliphatic rings. The van der Waals surface area contributed by atoms with Crippen molar-refractivity contribution in [2.45, 2.75) is 19.3 Å². The molecule has 3 heterocycles. The molecule has 3 aromatic heterocycles. The van der Waals surface area contributed by atoms with Crippen LogP contribution in [0.1, 0.15) is 25.0 Å². The fourth-order valence-electron chi connectivity index (χ4n) is 7.24. The van der Waals surface area contributed by atoms with Crippen LogP contribution in [0.5, 0.6) is 0 Å². The van der Waals surface area contributed by atoms with Gasteiger partial charge in [-0.1, -0.05) is 111 Å². The van der Waals surface area contributed by atoms with Gasteiger partial charge in [0.05, 0.1) is 16.7 Å². The van der Waals surface area contributed by atoms with Crippen LogP contribution in [0.2, 0.25) is 0 Å². The zero-order chi connectivity index (χ0) is 28.0. The highest BCUT2D eigenvalue weighted by Gasteiger charge is 2.40. The lowest BCUT2D eigenvalue weighted by molar-refractivity contribution is 0.663. The summed E-state index contributed by atoms with van der Waals surface area (Å²) in [6.45, 7) is 4.69. The Morgan fingerprint density at radius 2 is 1.31 bits per heavy atom. The third kappa shape index (κ3) is 2.98. The summed E-state index contributed by atoms with van der Waals surface area (Å²) in [6.07, 6.45) is 1.87. The Hall–Kier alpha value is -5.35. The third-order valence-corrected chi connectivity index (χ3v) is 9.01. The summed E-state index contributed by atoms with van der Waals surface area (Å²) in [5.74, 6) is 0.635. The fraction of sp³-hybridized carbons (Fsp3) is 0.0789. The van der Waals surface area contributed by atoms with E-state index in [0.29, 0.717) is 5.95 Å². The molecule has 0 amide bonds. The number of benzene rings is 5. The molecule has 4 heteroatoms. The minimum Gasteiger partial charge on any atom is -0.261 e. The Bertz CT molecular complexity index is 2380. The van der Waals surface area contributed by atoms with E-state index in [-0.39, 0.29) is 5.41 Å². The van der Waals surface area contributed by atoms with Crippen molar-refractivity contribution in [2.75, 3.05) is 0 Å². The van der Waals surface area contributed by atoms with Crippen molar-refractivity contribution in [3.05, 3.63) is 133 Å². The van der Waals surface area contributed by atoms with Crippen molar-refractivity contribution < 1.29 is 0 Å². The molecule has 198 valence electrons. The molecule has 8 aromatic rings. The van der Waals surface area contributed by atoms with Gasteiger partial charge in [0.1, 0.15) is 5.65 Å². The number of aromatic nitrogens is 4. The Labute approximate surface area is 242 Å². The van der Waals surface area contributed by atoms with Gasteiger partial charge in [0, 0.05) is 33.3 Å². The molecule has 0 spiro atoms. The molecule has 4 nitrogen and oxygen atoms in total. The number of fused-ring (bicyclic) bond motifs is 11. The van der Waals surface area contributed by atoms with Gasteiger partial charge in [-0.3, -0.25) is 4.57 Å². The van der Waals surface area contributed by atoms with Crippen LogP contribution >= 0.6 is 0 Å². The van der Waals surface area contributed by atoms with Crippen LogP contribution in [0, 0.1) is 0 Å². The van der Waals surface area contributed by atoms with Crippen molar-refractivity contribution in [1.29, 1.82) is 0 Å². The number of hydrogen-bond donors (Lipinski definition) is 0. The number of nitrogens with zero attached hydrogens (tertiary/aromatic N) is 4. The van der Waals surface area contributed by atoms with Gasteiger partial charge in [-0.15, -0.1) is 0 Å². The van der Waals surface area contributed by atoms with Crippen molar-refractivity contribution in [3.8, 4) is 28.3 Å². The number of rotatable bonds is 2. The molecule has 0 saturated carbocycles. The van der Waals surface area contributed by atoms with Crippen LogP contribution in [-0.2, 0) is 5.41 Å². The van der Waals surface area contributed by atoms with E-state index in [2.05, 4.69) is 115 Å². The van der Waals surface area contributed by atoms with Crippen molar-refractivity contribution in [2.24, 2.45) is 0 Å². The first-order valence-corrected chi connectivity index (χ1v) is 14.4. The maximum Gasteiger partial charge on any atom is 0.237 e. The van der Waals surface area contributed by atoms with E-state index in [9.17, 15) is 0 Å². The molecule has 5 aromatic carbocycles. The molecule has 0 atom stereocenters. The topological polar surface area (TPSA) is 43.6 Å². The fourth-order valence-corrected chi connectivity index (χ4v) is 7.24. The first-order chi connectivity index (χ1) is 20.6. The smallest absolute Gasteiger partial charge is 0.237 e. The normalized spacial score (nSPS) is 13.7. The summed E-state index contributed by atoms with van der Waals surface area (Å²) in [5.41, 5.74) is 9.89. The largest absolute Gasteiger partial charge is 0.261 e. The van der Waals surface area contributed by atoms with Crippen molar-refractivity contribution >= 4 is 43.6 Å². The van der Waals surface area contributed by atoms with Gasteiger partial charge in [-0.2, -0.15) is 0 Å². The molecule has 0 fully saturated rings. The average Bonchev–Trinajstić information content (AvgIpc) is 3.50. The van der Waals surface area contributed by atoms with Gasteiger partial charge in [-0.25, -0.2) is 15.0 Å². The zero-order valence-corrected chi connectivity index (χ0v) is 23.3. The minimum atomic E-state index is -0.237. The summed E-state index contributed by atoms with van der Waals surface area (Å²) < 4.78 is 2.22. The van der Waals surface area contributed by atoms with Crippen LogP contribution in [0.3, 0.4) is 0 Å². The summed E-state index contributed by atoms with van der Waals surface area (Å²) in [5, 5.41) is 5.83. The highest BCUT2D eigenvalue weighted by molar-refractivity contribution is 6.26. The molecule has 0 N–H and O–H groups in total. The first-order valence-electron chi connectivity index (χ1n) is 14.4. The van der Waals surface area contributed by atoms with Gasteiger partial charge < -0.3 is 0 Å². The van der Waals surface area contributed by atoms with Crippen LogP contribution < -0.4 is 0 Å². The molecule has 0 bridgehead atoms. The molecule has 0 unspecified atom stereocenters. The molecular formula is C38H26N4. The summed E-state index contributed by atoms with van der Waals surface area (Å²) in [4.78, 5) is 15.5. The summed E-state index contributed by atoms with van der Waals surface area (Å²) >= 11 is 0. The zero-order valence-electron chi connectivity index (χ0n) is 23.3. The number of para-hydroxylation sites is 1. The van der Waals surface area contributed by atoms with Crippen LogP contribution in [0.4, 0.5) is 0 Å². The second-order valence-electron chi connectivity index (χ2n) is 11.7. The van der Waals surface area contributed by atoms with E-state index in [1.807, 2.05) is 24.4 Å². The first kappa shape index (κ1) is 23.4. The molecular weight excluding hydrogens is 512 g/mol. The third-order valence-electron chi connectivity index (χ3n) is 9.01. The molecule has 9 rings (SSSR count). The maximum absolute atomic E-state index is 5.33. The monoisotopic (exact) mass is 538 g/mol. The molecule has 0 radical (unpaired) electrons. The molecule has 1 aliphatic carbocycles. The Morgan fingerprint density at radius 1 is 0.619 bits per heavy atom. The highest BCUT2D eigenvalue weighted by atomic mass is 15.2. The second kappa shape index (κ2) is 8.34. The summed E-state index contributed by atoms with van der Waals surface area (Å²) in [7, 11) is 0. The van der Waals surface area contributed by atoms with E-state index in [1.54, 1.807) is 0 Å². The van der Waals surface area contributed by atoms with E-state index >= 15 is 0 Å². The van der Waals surface area contributed by atoms with E-state index in [1.165, 1.54) is 38.4 Å². The lowest BCUT2D eigenvalue weighted by Gasteiger charge is -2.24. The standard InChI is InChI=1S/C38H26N4/c1-38(2)29-20-10-8-17-26(29)31-24-15-6-7-16-25(24)32-28-19-12-22-39-36(28)42(35(32)33(31)38)37-40-30-21-11-9-18-27(30)34(41-37)23-13-4-3-5-14-23/h3-22H,1-2H3. The maximum atomic E-state index is 5.33. The van der Waals surface area contributed by atoms with Crippen molar-refractivity contribution in [1.82, 2.24) is 19.5 Å². The molecule has 0 aliphatic heterocycles. The summed E-state index contributed by atoms with van der Waals surface area (Å²) in [6, 6.07) is 40.6. The van der Waals surface area contributed by atoms with E-state index in [4.69, 9.17) is 15.0 Å². The molecule has 0 saturated heterocycles. The second-order valence-corrected chi connectivity index (χ2v) is 11.7. The Balaban J connectivity index is 1.53. The van der Waals surface area contributed by atoms with Gasteiger partial charge in [0.15, 0.2) is 0 Å². The average molecular weight is 539 g/mol. The lowest BCUT2D eigenvalue weighted by Crippen LogP contribution is -2.17. The van der Waals surface area contributed by atoms with Crippen LogP contribution in [0.15, 0.2) is 121 Å². The van der Waals surface area contributed by atoms with Gasteiger partial charge >= 0.3 is 0 Å². The minimum absolute atomic E-state index is 0.237. The van der Waals surface area contributed by atoms with Crippen molar-refractivity contribution in [3.63, 3.8) is 0 Å². The predicted octanol–water partition coefficient (Wildman–Crippen LogP) is 9.25. The Kier molecular flexibility index (Phi) is 4.64. The Morgan fingerprint density at radius 3 is 2.17 bits per heavy atom. The quantitative estimate of drug-likeness (QED) is 0.220. The predicted molar refractivity (Wildman–Crippen MR) is 172 cm³/mol. The van der Waals surface area contributed by atoms with E-state index in [0.717, 1.165) is 38.7 Å². The van der Waals surface area contributed by atoms with E-state index < -0.39 is 0 Å².